The van der Waals surface area contributed by atoms with E-state index in [9.17, 15) is 4.79 Å². The van der Waals surface area contributed by atoms with Crippen molar-refractivity contribution >= 4 is 28.8 Å². The Kier molecular flexibility index (Phi) is 4.72. The van der Waals surface area contributed by atoms with Crippen molar-refractivity contribution in [2.24, 2.45) is 0 Å². The van der Waals surface area contributed by atoms with E-state index < -0.39 is 0 Å². The highest BCUT2D eigenvalue weighted by Crippen LogP contribution is 2.25. The molecule has 1 amide bonds. The van der Waals surface area contributed by atoms with E-state index in [2.05, 4.69) is 19.9 Å². The normalized spacial score (nSPS) is 14.5. The summed E-state index contributed by atoms with van der Waals surface area (Å²) >= 11 is 0. The van der Waals surface area contributed by atoms with E-state index in [1.807, 2.05) is 25.1 Å². The number of benzene rings is 1. The second-order valence-corrected chi connectivity index (χ2v) is 6.74. The number of nitrogens with two attached hydrogens (primary N) is 1. The fraction of sp³-hybridized carbons (Fsp3) is 0.368. The summed E-state index contributed by atoms with van der Waals surface area (Å²) in [6.07, 6.45) is 1.38. The van der Waals surface area contributed by atoms with Gasteiger partial charge in [-0.15, -0.1) is 0 Å². The molecule has 3 N–H and O–H groups in total. The zero-order chi connectivity index (χ0) is 19.7. The summed E-state index contributed by atoms with van der Waals surface area (Å²) in [6.45, 7) is 6.66. The molecule has 0 atom stereocenters. The van der Waals surface area contributed by atoms with E-state index in [0.717, 1.165) is 16.6 Å². The number of fused-ring (bicyclic) bond motifs is 1. The van der Waals surface area contributed by atoms with Gasteiger partial charge in [0, 0.05) is 30.5 Å². The standard InChI is InChI=1S/C19H23N7O2.3H2/c1-3-28-19(27)26-8-6-25(7-9-26)15-11-21-17(20)16(24-15)18-22-13-5-4-12(2)10-14(13)23-18;;;/h4-5,10-11H,3,6-9H2,1-2H3,(H2,20,21)(H,22,23);3*1H. The van der Waals surface area contributed by atoms with Gasteiger partial charge in [-0.25, -0.2) is 19.7 Å². The maximum Gasteiger partial charge on any atom is 0.409 e. The molecule has 0 bridgehead atoms. The Bertz CT molecular complexity index is 1020. The number of nitrogens with one attached hydrogen (secondary N) is 1. The van der Waals surface area contributed by atoms with Crippen LogP contribution in [0.1, 0.15) is 16.8 Å². The highest BCUT2D eigenvalue weighted by molar-refractivity contribution is 5.81. The minimum Gasteiger partial charge on any atom is -0.450 e. The van der Waals surface area contributed by atoms with Gasteiger partial charge in [0.1, 0.15) is 5.82 Å². The number of imidazole rings is 1. The number of hydrogen-bond acceptors (Lipinski definition) is 7. The van der Waals surface area contributed by atoms with Gasteiger partial charge in [-0.1, -0.05) is 6.07 Å². The van der Waals surface area contributed by atoms with Gasteiger partial charge in [0.2, 0.25) is 0 Å². The third kappa shape index (κ3) is 3.42. The van der Waals surface area contributed by atoms with Crippen molar-refractivity contribution in [3.63, 3.8) is 0 Å². The quantitative estimate of drug-likeness (QED) is 0.710. The van der Waals surface area contributed by atoms with Crippen LogP contribution in [0.25, 0.3) is 22.6 Å². The summed E-state index contributed by atoms with van der Waals surface area (Å²) in [5.41, 5.74) is 9.54. The van der Waals surface area contributed by atoms with Gasteiger partial charge in [0.05, 0.1) is 23.8 Å². The molecule has 0 unspecified atom stereocenters. The Balaban J connectivity index is 0.00000160. The number of nitrogens with zero attached hydrogens (tertiary/aromatic N) is 5. The summed E-state index contributed by atoms with van der Waals surface area (Å²) in [4.78, 5) is 32.5. The van der Waals surface area contributed by atoms with Gasteiger partial charge in [-0.2, -0.15) is 0 Å². The van der Waals surface area contributed by atoms with E-state index in [0.29, 0.717) is 55.9 Å². The second-order valence-electron chi connectivity index (χ2n) is 6.74. The minimum absolute atomic E-state index is 0. The van der Waals surface area contributed by atoms with Crippen LogP contribution in [0.15, 0.2) is 24.4 Å². The van der Waals surface area contributed by atoms with Crippen molar-refractivity contribution in [1.29, 1.82) is 0 Å². The first-order valence-electron chi connectivity index (χ1n) is 9.31. The number of nitrogen functional groups attached to an aromatic ring is 1. The lowest BCUT2D eigenvalue weighted by molar-refractivity contribution is 0.105. The number of aromatic amines is 1. The number of carbonyl (C=O) groups is 1. The number of piperazine rings is 1. The van der Waals surface area contributed by atoms with E-state index in [4.69, 9.17) is 15.5 Å². The number of ether oxygens (including phenoxy) is 1. The molecule has 2 aromatic heterocycles. The smallest absolute Gasteiger partial charge is 0.409 e. The molecule has 0 aliphatic carbocycles. The lowest BCUT2D eigenvalue weighted by Gasteiger charge is -2.34. The van der Waals surface area contributed by atoms with Gasteiger partial charge < -0.3 is 25.3 Å². The van der Waals surface area contributed by atoms with Gasteiger partial charge in [-0.3, -0.25) is 0 Å². The fourth-order valence-corrected chi connectivity index (χ4v) is 3.28. The first-order valence-corrected chi connectivity index (χ1v) is 9.31. The molecule has 9 heteroatoms. The molecule has 1 fully saturated rings. The Morgan fingerprint density at radius 2 is 2.07 bits per heavy atom. The van der Waals surface area contributed by atoms with E-state index in [-0.39, 0.29) is 10.4 Å². The molecule has 28 heavy (non-hydrogen) atoms. The van der Waals surface area contributed by atoms with Crippen molar-refractivity contribution in [2.75, 3.05) is 43.4 Å². The summed E-state index contributed by atoms with van der Waals surface area (Å²) in [5, 5.41) is 0. The molecule has 0 saturated carbocycles. The molecule has 0 radical (unpaired) electrons. The van der Waals surface area contributed by atoms with Gasteiger partial charge in [0.15, 0.2) is 17.3 Å². The third-order valence-electron chi connectivity index (χ3n) is 4.78. The Morgan fingerprint density at radius 3 is 2.82 bits per heavy atom. The molecule has 3 aromatic rings. The van der Waals surface area contributed by atoms with E-state index >= 15 is 0 Å². The van der Waals surface area contributed by atoms with Crippen LogP contribution in [0.5, 0.6) is 0 Å². The number of rotatable bonds is 3. The monoisotopic (exact) mass is 387 g/mol. The number of carbonyl (C=O) groups excluding carboxylic acids is 1. The predicted molar refractivity (Wildman–Crippen MR) is 113 cm³/mol. The van der Waals surface area contributed by atoms with Crippen LogP contribution in [0.4, 0.5) is 16.4 Å². The zero-order valence-electron chi connectivity index (χ0n) is 16.0. The van der Waals surface area contributed by atoms with Crippen molar-refractivity contribution in [3.05, 3.63) is 30.0 Å². The first kappa shape index (κ1) is 18.0. The van der Waals surface area contributed by atoms with E-state index in [1.54, 1.807) is 18.0 Å². The number of anilines is 2. The van der Waals surface area contributed by atoms with Crippen LogP contribution < -0.4 is 10.6 Å². The van der Waals surface area contributed by atoms with Gasteiger partial charge in [-0.05, 0) is 31.5 Å². The van der Waals surface area contributed by atoms with Crippen molar-refractivity contribution < 1.29 is 13.8 Å². The average Bonchev–Trinajstić information content (AvgIpc) is 3.11. The van der Waals surface area contributed by atoms with Crippen LogP contribution in [0.2, 0.25) is 0 Å². The second kappa shape index (κ2) is 7.34. The van der Waals surface area contributed by atoms with Crippen molar-refractivity contribution in [3.8, 4) is 11.5 Å². The number of hydrogen-bond donors (Lipinski definition) is 2. The largest absolute Gasteiger partial charge is 0.450 e. The highest BCUT2D eigenvalue weighted by Gasteiger charge is 2.24. The summed E-state index contributed by atoms with van der Waals surface area (Å²) < 4.78 is 5.06. The van der Waals surface area contributed by atoms with Gasteiger partial charge in [0.25, 0.3) is 0 Å². The maximum absolute atomic E-state index is 11.9. The zero-order valence-corrected chi connectivity index (χ0v) is 16.0. The molecule has 1 saturated heterocycles. The average molecular weight is 387 g/mol. The lowest BCUT2D eigenvalue weighted by Crippen LogP contribution is -2.49. The fourth-order valence-electron chi connectivity index (χ4n) is 3.28. The highest BCUT2D eigenvalue weighted by atomic mass is 16.6. The molecule has 1 aliphatic rings. The Hall–Kier alpha value is -3.36. The molecule has 0 spiro atoms. The minimum atomic E-state index is -0.274. The lowest BCUT2D eigenvalue weighted by atomic mass is 10.2. The van der Waals surface area contributed by atoms with Crippen LogP contribution in [0, 0.1) is 6.92 Å². The molecule has 3 heterocycles. The third-order valence-corrected chi connectivity index (χ3v) is 4.78. The SMILES string of the molecule is CCOC(=O)N1CCN(c2cnc(N)c(-c3nc4ccc(C)cc4[nH]3)n2)CC1.[HH].[HH].[HH]. The van der Waals surface area contributed by atoms with E-state index in [1.165, 1.54) is 0 Å². The Labute approximate surface area is 167 Å². The predicted octanol–water partition coefficient (Wildman–Crippen LogP) is 2.93. The van der Waals surface area contributed by atoms with Gasteiger partial charge >= 0.3 is 6.09 Å². The Morgan fingerprint density at radius 1 is 1.29 bits per heavy atom. The molecular weight excluding hydrogens is 358 g/mol. The molecule has 9 nitrogen and oxygen atoms in total. The summed E-state index contributed by atoms with van der Waals surface area (Å²) in [6, 6.07) is 6.02. The summed E-state index contributed by atoms with van der Waals surface area (Å²) in [5.74, 6) is 1.63. The van der Waals surface area contributed by atoms with Crippen LogP contribution in [-0.2, 0) is 4.74 Å². The molecular formula is C19H29N7O2. The number of H-pyrrole nitrogens is 1. The summed E-state index contributed by atoms with van der Waals surface area (Å²) in [7, 11) is 0. The molecule has 1 aliphatic heterocycles. The van der Waals surface area contributed by atoms with Crippen LogP contribution in [-0.4, -0.2) is 63.7 Å². The number of amides is 1. The molecule has 1 aromatic carbocycles. The number of aromatic nitrogens is 4. The van der Waals surface area contributed by atoms with Crippen molar-refractivity contribution in [2.45, 2.75) is 13.8 Å². The van der Waals surface area contributed by atoms with Crippen LogP contribution >= 0.6 is 0 Å². The number of aryl methyl sites for hydroxylation is 1. The first-order chi connectivity index (χ1) is 13.5. The molecule has 4 rings (SSSR count). The molecule has 152 valence electrons. The van der Waals surface area contributed by atoms with Crippen LogP contribution in [0.3, 0.4) is 0 Å². The maximum atomic E-state index is 11.9. The van der Waals surface area contributed by atoms with Crippen molar-refractivity contribution in [1.82, 2.24) is 24.8 Å². The topological polar surface area (TPSA) is 113 Å².